The van der Waals surface area contributed by atoms with Gasteiger partial charge >= 0.3 is 0 Å². The van der Waals surface area contributed by atoms with Gasteiger partial charge in [0.1, 0.15) is 0 Å². The first-order chi connectivity index (χ1) is 7.72. The van der Waals surface area contributed by atoms with Crippen LogP contribution in [0, 0.1) is 13.8 Å². The van der Waals surface area contributed by atoms with E-state index in [4.69, 9.17) is 4.42 Å². The summed E-state index contributed by atoms with van der Waals surface area (Å²) in [5.74, 6) is 0. The molecule has 0 aliphatic carbocycles. The van der Waals surface area contributed by atoms with E-state index in [2.05, 4.69) is 32.2 Å². The third-order valence-electron chi connectivity index (χ3n) is 2.68. The lowest BCUT2D eigenvalue weighted by Gasteiger charge is -2.16. The van der Waals surface area contributed by atoms with Gasteiger partial charge in [-0.05, 0) is 38.1 Å². The highest BCUT2D eigenvalue weighted by Gasteiger charge is 2.17. The number of thiophene rings is 1. The lowest BCUT2D eigenvalue weighted by molar-refractivity contribution is 0.553. The van der Waals surface area contributed by atoms with Gasteiger partial charge in [-0.3, -0.25) is 0 Å². The molecule has 0 saturated heterocycles. The average molecular weight is 235 g/mol. The molecule has 2 rings (SSSR count). The Morgan fingerprint density at radius 1 is 1.44 bits per heavy atom. The summed E-state index contributed by atoms with van der Waals surface area (Å²) in [6.45, 7) is 7.41. The molecule has 2 aromatic rings. The van der Waals surface area contributed by atoms with Gasteiger partial charge in [-0.15, -0.1) is 11.3 Å². The van der Waals surface area contributed by atoms with Gasteiger partial charge in [0.05, 0.1) is 18.6 Å². The number of nitrogens with one attached hydrogen (secondary N) is 1. The lowest BCUT2D eigenvalue weighted by atomic mass is 10.0. The number of rotatable bonds is 4. The molecule has 3 heteroatoms. The summed E-state index contributed by atoms with van der Waals surface area (Å²) in [5.41, 5.74) is 2.56. The minimum absolute atomic E-state index is 0.258. The van der Waals surface area contributed by atoms with Gasteiger partial charge in [-0.1, -0.05) is 6.92 Å². The summed E-state index contributed by atoms with van der Waals surface area (Å²) in [5, 5.41) is 3.50. The van der Waals surface area contributed by atoms with Gasteiger partial charge < -0.3 is 9.73 Å². The van der Waals surface area contributed by atoms with Crippen LogP contribution in [0.2, 0.25) is 0 Å². The molecular weight excluding hydrogens is 218 g/mol. The van der Waals surface area contributed by atoms with Crippen molar-refractivity contribution in [2.45, 2.75) is 26.8 Å². The van der Waals surface area contributed by atoms with Crippen molar-refractivity contribution in [3.63, 3.8) is 0 Å². The van der Waals surface area contributed by atoms with Crippen molar-refractivity contribution in [2.24, 2.45) is 0 Å². The second kappa shape index (κ2) is 4.85. The Hall–Kier alpha value is -1.06. The molecule has 0 aromatic carbocycles. The van der Waals surface area contributed by atoms with Crippen LogP contribution in [0.15, 0.2) is 29.1 Å². The number of hydrogen-bond acceptors (Lipinski definition) is 3. The van der Waals surface area contributed by atoms with Crippen molar-refractivity contribution in [2.75, 3.05) is 6.54 Å². The summed E-state index contributed by atoms with van der Waals surface area (Å²) in [6, 6.07) is 4.55. The minimum Gasteiger partial charge on any atom is -0.472 e. The van der Waals surface area contributed by atoms with Crippen LogP contribution in [0.5, 0.6) is 0 Å². The van der Waals surface area contributed by atoms with Crippen LogP contribution in [0.4, 0.5) is 0 Å². The zero-order valence-electron chi connectivity index (χ0n) is 9.91. The predicted octanol–water partition coefficient (Wildman–Crippen LogP) is 3.66. The smallest absolute Gasteiger partial charge is 0.0953 e. The summed E-state index contributed by atoms with van der Waals surface area (Å²) in [4.78, 5) is 2.74. The van der Waals surface area contributed by atoms with Crippen molar-refractivity contribution in [3.05, 3.63) is 45.5 Å². The first kappa shape index (κ1) is 11.4. The quantitative estimate of drug-likeness (QED) is 0.875. The highest BCUT2D eigenvalue weighted by Crippen LogP contribution is 2.30. The Bertz CT molecular complexity index is 444. The molecule has 2 aromatic heterocycles. The van der Waals surface area contributed by atoms with Crippen LogP contribution in [0.25, 0.3) is 0 Å². The third-order valence-corrected chi connectivity index (χ3v) is 3.66. The molecule has 16 heavy (non-hydrogen) atoms. The van der Waals surface area contributed by atoms with E-state index < -0.39 is 0 Å². The predicted molar refractivity (Wildman–Crippen MR) is 68.0 cm³/mol. The first-order valence-corrected chi connectivity index (χ1v) is 6.36. The first-order valence-electron chi connectivity index (χ1n) is 5.54. The molecule has 1 N–H and O–H groups in total. The van der Waals surface area contributed by atoms with Crippen molar-refractivity contribution in [1.29, 1.82) is 0 Å². The Balaban J connectivity index is 2.36. The second-order valence-electron chi connectivity index (χ2n) is 3.92. The molecule has 0 aliphatic rings. The zero-order valence-corrected chi connectivity index (χ0v) is 10.7. The summed E-state index contributed by atoms with van der Waals surface area (Å²) >= 11 is 1.85. The fourth-order valence-corrected chi connectivity index (χ4v) is 2.95. The van der Waals surface area contributed by atoms with Gasteiger partial charge in [0.2, 0.25) is 0 Å². The van der Waals surface area contributed by atoms with Crippen molar-refractivity contribution in [1.82, 2.24) is 5.32 Å². The molecular formula is C13H17NOS. The highest BCUT2D eigenvalue weighted by atomic mass is 32.1. The van der Waals surface area contributed by atoms with Gasteiger partial charge in [0.15, 0.2) is 0 Å². The fourth-order valence-electron chi connectivity index (χ4n) is 1.99. The number of hydrogen-bond donors (Lipinski definition) is 1. The van der Waals surface area contributed by atoms with Crippen LogP contribution in [0.3, 0.4) is 0 Å². The van der Waals surface area contributed by atoms with Gasteiger partial charge in [-0.25, -0.2) is 0 Å². The lowest BCUT2D eigenvalue weighted by Crippen LogP contribution is -2.21. The maximum Gasteiger partial charge on any atom is 0.0953 e. The van der Waals surface area contributed by atoms with Crippen molar-refractivity contribution in [3.8, 4) is 0 Å². The standard InChI is InChI=1S/C13H17NOS/c1-4-14-13(11-5-6-15-8-11)12-7-9(2)16-10(12)3/h5-8,13-14H,4H2,1-3H3. The zero-order chi connectivity index (χ0) is 11.5. The van der Waals surface area contributed by atoms with Crippen LogP contribution < -0.4 is 5.32 Å². The van der Waals surface area contributed by atoms with Gasteiger partial charge in [-0.2, -0.15) is 0 Å². The fraction of sp³-hybridized carbons (Fsp3) is 0.385. The normalized spacial score (nSPS) is 12.9. The molecule has 86 valence electrons. The van der Waals surface area contributed by atoms with E-state index in [9.17, 15) is 0 Å². The summed E-state index contributed by atoms with van der Waals surface area (Å²) in [6.07, 6.45) is 3.55. The van der Waals surface area contributed by atoms with Crippen LogP contribution in [0.1, 0.15) is 33.8 Å². The molecule has 0 saturated carbocycles. The Kier molecular flexibility index (Phi) is 3.46. The summed E-state index contributed by atoms with van der Waals surface area (Å²) in [7, 11) is 0. The van der Waals surface area contributed by atoms with Crippen LogP contribution in [-0.4, -0.2) is 6.54 Å². The monoisotopic (exact) mass is 235 g/mol. The average Bonchev–Trinajstić information content (AvgIpc) is 2.85. The molecule has 2 nitrogen and oxygen atoms in total. The van der Waals surface area contributed by atoms with Crippen molar-refractivity contribution < 1.29 is 4.42 Å². The third kappa shape index (κ3) is 2.20. The van der Waals surface area contributed by atoms with Crippen LogP contribution >= 0.6 is 11.3 Å². The molecule has 0 amide bonds. The topological polar surface area (TPSA) is 25.2 Å². The minimum atomic E-state index is 0.258. The molecule has 0 spiro atoms. The molecule has 0 fully saturated rings. The number of furan rings is 1. The van der Waals surface area contributed by atoms with E-state index in [0.29, 0.717) is 0 Å². The molecule has 0 bridgehead atoms. The largest absolute Gasteiger partial charge is 0.472 e. The Morgan fingerprint density at radius 3 is 2.75 bits per heavy atom. The molecule has 2 heterocycles. The Morgan fingerprint density at radius 2 is 2.25 bits per heavy atom. The van der Waals surface area contributed by atoms with Crippen molar-refractivity contribution >= 4 is 11.3 Å². The van der Waals surface area contributed by atoms with E-state index in [-0.39, 0.29) is 6.04 Å². The maximum atomic E-state index is 5.17. The molecule has 0 radical (unpaired) electrons. The van der Waals surface area contributed by atoms with E-state index >= 15 is 0 Å². The molecule has 1 atom stereocenters. The molecule has 0 aliphatic heterocycles. The maximum absolute atomic E-state index is 5.17. The number of aryl methyl sites for hydroxylation is 2. The van der Waals surface area contributed by atoms with E-state index in [1.165, 1.54) is 20.9 Å². The highest BCUT2D eigenvalue weighted by molar-refractivity contribution is 7.12. The SMILES string of the molecule is CCNC(c1ccoc1)c1cc(C)sc1C. The second-order valence-corrected chi connectivity index (χ2v) is 5.38. The van der Waals surface area contributed by atoms with Gasteiger partial charge in [0, 0.05) is 15.3 Å². The van der Waals surface area contributed by atoms with Gasteiger partial charge in [0.25, 0.3) is 0 Å². The van der Waals surface area contributed by atoms with Crippen LogP contribution in [-0.2, 0) is 0 Å². The Labute approximate surface area is 100 Å². The van der Waals surface area contributed by atoms with E-state index in [1.807, 2.05) is 23.7 Å². The van der Waals surface area contributed by atoms with E-state index in [1.54, 1.807) is 6.26 Å². The van der Waals surface area contributed by atoms with E-state index in [0.717, 1.165) is 6.54 Å². The molecule has 1 unspecified atom stereocenters. The summed E-state index contributed by atoms with van der Waals surface area (Å²) < 4.78 is 5.17.